The fourth-order valence-electron chi connectivity index (χ4n) is 9.77. The Hall–Kier alpha value is -6.30. The van der Waals surface area contributed by atoms with E-state index >= 15 is 9.13 Å². The molecule has 9 aromatic rings. The zero-order valence-electron chi connectivity index (χ0n) is 31.0. The Balaban J connectivity index is 1.26. The summed E-state index contributed by atoms with van der Waals surface area (Å²) >= 11 is 0. The average molecular weight is 767 g/mol. The minimum Gasteiger partial charge on any atom is -0.309 e. The first-order valence-corrected chi connectivity index (χ1v) is 22.8. The maximum absolute atomic E-state index is 16.0. The van der Waals surface area contributed by atoms with Gasteiger partial charge in [-0.15, -0.1) is 0 Å². The van der Waals surface area contributed by atoms with E-state index in [9.17, 15) is 0 Å². The largest absolute Gasteiger partial charge is 0.309 e. The van der Waals surface area contributed by atoms with E-state index in [0.717, 1.165) is 54.1 Å². The van der Waals surface area contributed by atoms with Crippen LogP contribution in [0.2, 0.25) is 0 Å². The summed E-state index contributed by atoms with van der Waals surface area (Å²) in [5.74, 6) is 0. The number of benzene rings is 9. The van der Waals surface area contributed by atoms with E-state index in [2.05, 4.69) is 97.1 Å². The lowest BCUT2D eigenvalue weighted by Crippen LogP contribution is -2.31. The molecule has 2 aliphatic rings. The molecule has 0 unspecified atom stereocenters. The van der Waals surface area contributed by atoms with Crippen LogP contribution in [0.25, 0.3) is 33.0 Å². The van der Waals surface area contributed by atoms with Crippen molar-refractivity contribution in [1.82, 2.24) is 0 Å². The number of rotatable bonds is 6. The molecule has 0 saturated heterocycles. The van der Waals surface area contributed by atoms with Gasteiger partial charge in [0.25, 0.3) is 0 Å². The normalized spacial score (nSPS) is 13.5. The predicted molar refractivity (Wildman–Crippen MR) is 239 cm³/mol. The first-order valence-electron chi connectivity index (χ1n) is 19.4. The van der Waals surface area contributed by atoms with E-state index < -0.39 is 19.7 Å². The minimum absolute atomic E-state index is 0.775. The Kier molecular flexibility index (Phi) is 7.67. The summed E-state index contributed by atoms with van der Waals surface area (Å²) in [5, 5.41) is 7.15. The van der Waals surface area contributed by atoms with Crippen LogP contribution in [-0.2, 0) is 14.5 Å². The second-order valence-corrected chi connectivity index (χ2v) is 20.6. The van der Waals surface area contributed by atoms with Gasteiger partial charge in [0, 0.05) is 31.8 Å². The Morgan fingerprint density at radius 3 is 1.21 bits per heavy atom. The smallest absolute Gasteiger partial charge is 0.171 e. The molecule has 0 aliphatic heterocycles. The van der Waals surface area contributed by atoms with Crippen molar-refractivity contribution in [3.05, 3.63) is 241 Å². The van der Waals surface area contributed by atoms with Gasteiger partial charge >= 0.3 is 0 Å². The Morgan fingerprint density at radius 1 is 0.298 bits per heavy atom. The molecule has 0 heterocycles. The van der Waals surface area contributed by atoms with Crippen molar-refractivity contribution in [2.24, 2.45) is 0 Å². The summed E-state index contributed by atoms with van der Waals surface area (Å²) < 4.78 is 32.0. The molecule has 0 fully saturated rings. The predicted octanol–water partition coefficient (Wildman–Crippen LogP) is 10.5. The van der Waals surface area contributed by atoms with E-state index in [1.54, 1.807) is 0 Å². The number of fused-ring (bicyclic) bond motifs is 12. The molecule has 0 bridgehead atoms. The summed E-state index contributed by atoms with van der Waals surface area (Å²) in [4.78, 5) is 0. The zero-order chi connectivity index (χ0) is 38.2. The van der Waals surface area contributed by atoms with Crippen molar-refractivity contribution >= 4 is 56.9 Å². The highest BCUT2D eigenvalue weighted by Crippen LogP contribution is 2.64. The fraction of sp³-hybridized carbons (Fsp3) is 0.0189. The fourth-order valence-corrected chi connectivity index (χ4v) is 15.1. The maximum atomic E-state index is 16.0. The van der Waals surface area contributed by atoms with Crippen LogP contribution >= 0.6 is 14.3 Å². The van der Waals surface area contributed by atoms with Gasteiger partial charge in [-0.1, -0.05) is 206 Å². The molecular weight excluding hydrogens is 731 g/mol. The summed E-state index contributed by atoms with van der Waals surface area (Å²) in [6.07, 6.45) is 0. The van der Waals surface area contributed by atoms with Crippen LogP contribution < -0.4 is 31.8 Å². The molecule has 0 amide bonds. The molecule has 0 radical (unpaired) electrons. The van der Waals surface area contributed by atoms with Crippen LogP contribution in [0.3, 0.4) is 0 Å². The second kappa shape index (κ2) is 12.9. The maximum Gasteiger partial charge on any atom is 0.171 e. The number of hydrogen-bond acceptors (Lipinski definition) is 2. The first-order chi connectivity index (χ1) is 28.0. The molecule has 2 nitrogen and oxygen atoms in total. The van der Waals surface area contributed by atoms with E-state index in [1.807, 2.05) is 121 Å². The van der Waals surface area contributed by atoms with Crippen LogP contribution in [0.1, 0.15) is 22.3 Å². The standard InChI is InChI=1S/C53H36O2P2/c54-56(38-18-5-1-6-19-38,39-20-7-2-8-21-39)42-30-32-45-46-33-31-43(57(55,40-22-9-3-10-23-40)41-24-11-4-12-25-41)36-51(46)53(50(45)35-42)48-28-16-15-27-47(48)52-44-26-14-13-17-37(44)29-34-49(52)53/h1-36H. The molecule has 2 aliphatic carbocycles. The van der Waals surface area contributed by atoms with Gasteiger partial charge in [-0.05, 0) is 67.4 Å². The van der Waals surface area contributed by atoms with Crippen molar-refractivity contribution in [3.63, 3.8) is 0 Å². The topological polar surface area (TPSA) is 34.1 Å². The van der Waals surface area contributed by atoms with Crippen molar-refractivity contribution in [3.8, 4) is 22.3 Å². The summed E-state index contributed by atoms with van der Waals surface area (Å²) in [6, 6.07) is 74.6. The summed E-state index contributed by atoms with van der Waals surface area (Å²) in [5.41, 5.74) is 8.35. The van der Waals surface area contributed by atoms with Crippen molar-refractivity contribution in [1.29, 1.82) is 0 Å². The zero-order valence-corrected chi connectivity index (χ0v) is 32.8. The summed E-state index contributed by atoms with van der Waals surface area (Å²) in [7, 11) is -6.66. The van der Waals surface area contributed by atoms with Crippen LogP contribution in [0.5, 0.6) is 0 Å². The van der Waals surface area contributed by atoms with Crippen molar-refractivity contribution in [2.45, 2.75) is 5.41 Å². The van der Waals surface area contributed by atoms with Gasteiger partial charge in [0.1, 0.15) is 0 Å². The molecule has 270 valence electrons. The van der Waals surface area contributed by atoms with Gasteiger partial charge in [-0.2, -0.15) is 0 Å². The Labute approximate surface area is 332 Å². The highest BCUT2D eigenvalue weighted by Gasteiger charge is 2.53. The highest BCUT2D eigenvalue weighted by molar-refractivity contribution is 7.85. The highest BCUT2D eigenvalue weighted by atomic mass is 31.2. The molecule has 1 spiro atoms. The quantitative estimate of drug-likeness (QED) is 0.158. The molecular formula is C53H36O2P2. The van der Waals surface area contributed by atoms with E-state index in [1.165, 1.54) is 33.0 Å². The van der Waals surface area contributed by atoms with E-state index in [-0.39, 0.29) is 0 Å². The molecule has 0 aromatic heterocycles. The van der Waals surface area contributed by atoms with E-state index in [4.69, 9.17) is 0 Å². The first kappa shape index (κ1) is 34.0. The van der Waals surface area contributed by atoms with Crippen LogP contribution in [-0.4, -0.2) is 0 Å². The molecule has 57 heavy (non-hydrogen) atoms. The van der Waals surface area contributed by atoms with Gasteiger partial charge in [0.05, 0.1) is 5.41 Å². The Bertz CT molecular complexity index is 2890. The van der Waals surface area contributed by atoms with E-state index in [0.29, 0.717) is 0 Å². The van der Waals surface area contributed by atoms with Crippen LogP contribution in [0.15, 0.2) is 218 Å². The molecule has 4 heteroatoms. The van der Waals surface area contributed by atoms with Crippen molar-refractivity contribution < 1.29 is 9.13 Å². The average Bonchev–Trinajstić information content (AvgIpc) is 3.76. The lowest BCUT2D eigenvalue weighted by molar-refractivity contribution is 0.591. The molecule has 11 rings (SSSR count). The van der Waals surface area contributed by atoms with Gasteiger partial charge in [0.2, 0.25) is 0 Å². The minimum atomic E-state index is -3.33. The molecule has 0 N–H and O–H groups in total. The number of hydrogen-bond donors (Lipinski definition) is 0. The lowest BCUT2D eigenvalue weighted by atomic mass is 9.70. The van der Waals surface area contributed by atoms with Gasteiger partial charge in [-0.25, -0.2) is 0 Å². The van der Waals surface area contributed by atoms with Gasteiger partial charge in [0.15, 0.2) is 14.3 Å². The van der Waals surface area contributed by atoms with Gasteiger partial charge < -0.3 is 9.13 Å². The third-order valence-electron chi connectivity index (χ3n) is 12.2. The molecule has 0 saturated carbocycles. The second-order valence-electron chi connectivity index (χ2n) is 15.0. The van der Waals surface area contributed by atoms with Crippen molar-refractivity contribution in [2.75, 3.05) is 0 Å². The molecule has 0 atom stereocenters. The third-order valence-corrected chi connectivity index (χ3v) is 18.4. The molecule has 9 aromatic carbocycles. The van der Waals surface area contributed by atoms with Crippen LogP contribution in [0, 0.1) is 0 Å². The SMILES string of the molecule is O=P(c1ccccc1)(c1ccccc1)c1ccc2c(c1)C1(c3cc(P(=O)(c4ccccc4)c4ccccc4)ccc3-2)c2ccccc2-c2c1ccc1ccccc21. The third kappa shape index (κ3) is 4.73. The Morgan fingerprint density at radius 2 is 0.719 bits per heavy atom. The monoisotopic (exact) mass is 766 g/mol. The lowest BCUT2D eigenvalue weighted by Gasteiger charge is -2.32. The van der Waals surface area contributed by atoms with Crippen LogP contribution in [0.4, 0.5) is 0 Å². The summed E-state index contributed by atoms with van der Waals surface area (Å²) in [6.45, 7) is 0. The van der Waals surface area contributed by atoms with Gasteiger partial charge in [-0.3, -0.25) is 0 Å².